The van der Waals surface area contributed by atoms with Gasteiger partial charge in [-0.05, 0) is 25.5 Å². The molecule has 2 heterocycles. The number of primary amides is 1. The first-order chi connectivity index (χ1) is 13.0. The van der Waals surface area contributed by atoms with E-state index in [1.165, 1.54) is 0 Å². The quantitative estimate of drug-likeness (QED) is 0.707. The summed E-state index contributed by atoms with van der Waals surface area (Å²) in [7, 11) is 0. The van der Waals surface area contributed by atoms with Crippen molar-refractivity contribution in [3.05, 3.63) is 58.8 Å². The average molecular weight is 409 g/mol. The Morgan fingerprint density at radius 3 is 2.59 bits per heavy atom. The van der Waals surface area contributed by atoms with Gasteiger partial charge in [-0.15, -0.1) is 11.6 Å². The fourth-order valence-corrected chi connectivity index (χ4v) is 3.61. The molecule has 6 nitrogen and oxygen atoms in total. The number of nitrogens with zero attached hydrogens (tertiary/aromatic N) is 3. The predicted molar refractivity (Wildman–Crippen MR) is 106 cm³/mol. The van der Waals surface area contributed by atoms with E-state index < -0.39 is 18.2 Å². The smallest absolute Gasteiger partial charge is 0.258 e. The molecule has 2 N–H and O–H groups in total. The van der Waals surface area contributed by atoms with Crippen LogP contribution in [0.1, 0.15) is 31.1 Å². The van der Waals surface area contributed by atoms with E-state index in [1.54, 1.807) is 18.3 Å². The normalized spacial score (nSPS) is 17.9. The Labute approximate surface area is 168 Å². The molecule has 0 bridgehead atoms. The third kappa shape index (κ3) is 3.77. The highest BCUT2D eigenvalue weighted by Crippen LogP contribution is 2.42. The van der Waals surface area contributed by atoms with E-state index >= 15 is 0 Å². The highest BCUT2D eigenvalue weighted by molar-refractivity contribution is 6.30. The minimum Gasteiger partial charge on any atom is -0.453 e. The van der Waals surface area contributed by atoms with Crippen molar-refractivity contribution in [2.45, 2.75) is 26.6 Å². The van der Waals surface area contributed by atoms with Gasteiger partial charge in [0.15, 0.2) is 0 Å². The van der Waals surface area contributed by atoms with Crippen LogP contribution in [0.2, 0.25) is 5.02 Å². The minimum atomic E-state index is -0.540. The van der Waals surface area contributed by atoms with Gasteiger partial charge in [0.25, 0.3) is 6.35 Å². The number of aromatic nitrogens is 2. The largest absolute Gasteiger partial charge is 0.453 e. The molecule has 2 aromatic rings. The molecule has 2 atom stereocenters. The Morgan fingerprint density at radius 1 is 1.37 bits per heavy atom. The maximum Gasteiger partial charge on any atom is 0.258 e. The highest BCUT2D eigenvalue weighted by Gasteiger charge is 2.40. The molecule has 0 aliphatic carbocycles. The van der Waals surface area contributed by atoms with Crippen LogP contribution in [0.5, 0.6) is 0 Å². The molecule has 1 aromatic heterocycles. The van der Waals surface area contributed by atoms with Crippen molar-refractivity contribution >= 4 is 34.8 Å². The van der Waals surface area contributed by atoms with Gasteiger partial charge in [0.2, 0.25) is 5.91 Å². The lowest BCUT2D eigenvalue weighted by Crippen LogP contribution is -2.30. The van der Waals surface area contributed by atoms with Crippen LogP contribution in [0, 0.1) is 12.8 Å². The second-order valence-corrected chi connectivity index (χ2v) is 7.11. The molecule has 1 aliphatic heterocycles. The number of hydrogen-bond acceptors (Lipinski definition) is 4. The SMILES string of the molecule is CCC(C(N)=O)C1=C(c2ccc(Cl)cc2)N(CCCl)C(n2ccnc2C)O1. The molecule has 0 fully saturated rings. The topological polar surface area (TPSA) is 73.4 Å². The van der Waals surface area contributed by atoms with Gasteiger partial charge in [-0.25, -0.2) is 4.98 Å². The molecule has 1 amide bonds. The molecule has 0 saturated heterocycles. The molecule has 0 spiro atoms. The number of halogens is 2. The second-order valence-electron chi connectivity index (χ2n) is 6.29. The van der Waals surface area contributed by atoms with Crippen molar-refractivity contribution in [3.8, 4) is 0 Å². The lowest BCUT2D eigenvalue weighted by molar-refractivity contribution is -0.122. The van der Waals surface area contributed by atoms with Crippen LogP contribution < -0.4 is 5.73 Å². The highest BCUT2D eigenvalue weighted by atomic mass is 35.5. The summed E-state index contributed by atoms with van der Waals surface area (Å²) in [5.41, 5.74) is 7.36. The van der Waals surface area contributed by atoms with Gasteiger partial charge < -0.3 is 15.4 Å². The average Bonchev–Trinajstić information content (AvgIpc) is 3.20. The number of aryl methyl sites for hydroxylation is 1. The van der Waals surface area contributed by atoms with E-state index in [0.29, 0.717) is 29.6 Å². The van der Waals surface area contributed by atoms with Crippen LogP contribution in [0.15, 0.2) is 42.4 Å². The summed E-state index contributed by atoms with van der Waals surface area (Å²) in [6.45, 7) is 4.33. The third-order valence-electron chi connectivity index (χ3n) is 4.63. The van der Waals surface area contributed by atoms with Crippen LogP contribution in [-0.4, -0.2) is 32.8 Å². The fourth-order valence-electron chi connectivity index (χ4n) is 3.31. The molecular weight excluding hydrogens is 387 g/mol. The van der Waals surface area contributed by atoms with Crippen LogP contribution in [0.3, 0.4) is 0 Å². The number of benzene rings is 1. The summed E-state index contributed by atoms with van der Waals surface area (Å²) < 4.78 is 8.21. The number of amides is 1. The Hall–Kier alpha value is -2.18. The van der Waals surface area contributed by atoms with Gasteiger partial charge in [-0.2, -0.15) is 0 Å². The van der Waals surface area contributed by atoms with Gasteiger partial charge in [0.1, 0.15) is 11.6 Å². The summed E-state index contributed by atoms with van der Waals surface area (Å²) in [5.74, 6) is 0.778. The second kappa shape index (κ2) is 8.23. The van der Waals surface area contributed by atoms with Crippen molar-refractivity contribution in [2.75, 3.05) is 12.4 Å². The molecule has 144 valence electrons. The molecule has 8 heteroatoms. The molecule has 27 heavy (non-hydrogen) atoms. The molecule has 1 aliphatic rings. The Morgan fingerprint density at radius 2 is 2.07 bits per heavy atom. The minimum absolute atomic E-state index is 0.394. The number of ether oxygens (including phenoxy) is 1. The van der Waals surface area contributed by atoms with Gasteiger partial charge >= 0.3 is 0 Å². The number of rotatable bonds is 7. The van der Waals surface area contributed by atoms with E-state index in [4.69, 9.17) is 33.7 Å². The van der Waals surface area contributed by atoms with Crippen molar-refractivity contribution < 1.29 is 9.53 Å². The number of alkyl halides is 1. The Bertz CT molecular complexity index is 848. The molecule has 2 unspecified atom stereocenters. The lowest BCUT2D eigenvalue weighted by atomic mass is 9.99. The van der Waals surface area contributed by atoms with E-state index in [0.717, 1.165) is 17.1 Å². The zero-order chi connectivity index (χ0) is 19.6. The summed E-state index contributed by atoms with van der Waals surface area (Å²) in [6, 6.07) is 7.42. The van der Waals surface area contributed by atoms with Crippen LogP contribution in [0.4, 0.5) is 0 Å². The number of hydrogen-bond donors (Lipinski definition) is 1. The number of carbonyl (C=O) groups is 1. The molecule has 0 radical (unpaired) electrons. The zero-order valence-corrected chi connectivity index (χ0v) is 16.7. The summed E-state index contributed by atoms with van der Waals surface area (Å²) in [6.07, 6.45) is 3.60. The maximum atomic E-state index is 12.1. The first kappa shape index (κ1) is 19.6. The van der Waals surface area contributed by atoms with E-state index in [1.807, 2.05) is 41.6 Å². The standard InChI is InChI=1S/C19H22Cl2N4O2/c1-3-15(18(22)26)17-16(13-4-6-14(21)7-5-13)25(10-8-20)19(27-17)24-11-9-23-12(24)2/h4-7,9,11,15,19H,3,8,10H2,1-2H3,(H2,22,26). The monoisotopic (exact) mass is 408 g/mol. The van der Waals surface area contributed by atoms with E-state index in [2.05, 4.69) is 4.98 Å². The fraction of sp³-hybridized carbons (Fsp3) is 0.368. The van der Waals surface area contributed by atoms with E-state index in [-0.39, 0.29) is 0 Å². The molecular formula is C19H22Cl2N4O2. The first-order valence-electron chi connectivity index (χ1n) is 8.76. The number of imidazole rings is 1. The molecule has 3 rings (SSSR count). The number of carbonyl (C=O) groups excluding carboxylic acids is 1. The summed E-state index contributed by atoms with van der Waals surface area (Å²) >= 11 is 12.1. The van der Waals surface area contributed by atoms with Crippen LogP contribution >= 0.6 is 23.2 Å². The van der Waals surface area contributed by atoms with Gasteiger partial charge in [-0.1, -0.05) is 30.7 Å². The van der Waals surface area contributed by atoms with Crippen molar-refractivity contribution in [2.24, 2.45) is 11.7 Å². The van der Waals surface area contributed by atoms with Crippen molar-refractivity contribution in [1.82, 2.24) is 14.5 Å². The van der Waals surface area contributed by atoms with Gasteiger partial charge in [0.05, 0.1) is 11.6 Å². The van der Waals surface area contributed by atoms with Crippen molar-refractivity contribution in [1.29, 1.82) is 0 Å². The summed E-state index contributed by atoms with van der Waals surface area (Å²) in [4.78, 5) is 18.4. The summed E-state index contributed by atoms with van der Waals surface area (Å²) in [5, 5.41) is 0.632. The maximum absolute atomic E-state index is 12.1. The van der Waals surface area contributed by atoms with Gasteiger partial charge in [-0.3, -0.25) is 9.36 Å². The third-order valence-corrected chi connectivity index (χ3v) is 5.05. The Kier molecular flexibility index (Phi) is 5.97. The molecule has 0 saturated carbocycles. The molecule has 1 aromatic carbocycles. The Balaban J connectivity index is 2.15. The number of nitrogens with two attached hydrogens (primary N) is 1. The lowest BCUT2D eigenvalue weighted by Gasteiger charge is -2.28. The van der Waals surface area contributed by atoms with E-state index in [9.17, 15) is 4.79 Å². The predicted octanol–water partition coefficient (Wildman–Crippen LogP) is 3.75. The van der Waals surface area contributed by atoms with Gasteiger partial charge in [0, 0.05) is 35.4 Å². The zero-order valence-electron chi connectivity index (χ0n) is 15.2. The van der Waals surface area contributed by atoms with Crippen LogP contribution in [0.25, 0.3) is 5.70 Å². The first-order valence-corrected chi connectivity index (χ1v) is 9.67. The van der Waals surface area contributed by atoms with Crippen molar-refractivity contribution in [3.63, 3.8) is 0 Å². The van der Waals surface area contributed by atoms with Crippen LogP contribution in [-0.2, 0) is 9.53 Å².